The summed E-state index contributed by atoms with van der Waals surface area (Å²) in [7, 11) is 0. The summed E-state index contributed by atoms with van der Waals surface area (Å²) in [6.45, 7) is 6.68. The number of amides is 4. The van der Waals surface area contributed by atoms with E-state index in [9.17, 15) is 19.2 Å². The summed E-state index contributed by atoms with van der Waals surface area (Å²) in [6.07, 6.45) is 1.66. The third kappa shape index (κ3) is 6.80. The second-order valence-electron chi connectivity index (χ2n) is 9.27. The number of nitrogens with one attached hydrogen (secondary N) is 1. The fraction of sp³-hybridized carbons (Fsp3) is 0.333. The van der Waals surface area contributed by atoms with Crippen LogP contribution in [0.2, 0.25) is 5.02 Å². The highest BCUT2D eigenvalue weighted by atomic mass is 35.5. The van der Waals surface area contributed by atoms with Gasteiger partial charge in [0, 0.05) is 42.8 Å². The molecule has 4 rings (SSSR count). The number of halogens is 1. The number of hydrogen-bond acceptors (Lipinski definition) is 6. The number of rotatable bonds is 7. The molecule has 2 aliphatic rings. The average Bonchev–Trinajstić information content (AvgIpc) is 3.12. The number of nitrogens with zero attached hydrogens (tertiary/aromatic N) is 3. The summed E-state index contributed by atoms with van der Waals surface area (Å²) in [5.74, 6) is -0.444. The predicted octanol–water partition coefficient (Wildman–Crippen LogP) is 3.86. The highest BCUT2D eigenvalue weighted by molar-refractivity contribution is 8.18. The molecule has 2 aliphatic heterocycles. The van der Waals surface area contributed by atoms with E-state index in [4.69, 9.17) is 11.6 Å². The lowest BCUT2D eigenvalue weighted by atomic mass is 10.1. The van der Waals surface area contributed by atoms with Gasteiger partial charge in [-0.05, 0) is 61.0 Å². The molecule has 0 bridgehead atoms. The van der Waals surface area contributed by atoms with E-state index in [0.29, 0.717) is 53.8 Å². The first-order valence-corrected chi connectivity index (χ1v) is 13.3. The molecule has 37 heavy (non-hydrogen) atoms. The first-order valence-electron chi connectivity index (χ1n) is 12.1. The van der Waals surface area contributed by atoms with Gasteiger partial charge in [-0.15, -0.1) is 0 Å². The number of carbonyl (C=O) groups excluding carboxylic acids is 4. The quantitative estimate of drug-likeness (QED) is 0.536. The molecule has 4 amide bonds. The molecular weight excluding hydrogens is 512 g/mol. The number of benzene rings is 2. The zero-order chi connectivity index (χ0) is 26.5. The number of imide groups is 1. The van der Waals surface area contributed by atoms with Crippen molar-refractivity contribution in [2.75, 3.05) is 32.7 Å². The monoisotopic (exact) mass is 540 g/mol. The van der Waals surface area contributed by atoms with E-state index in [0.717, 1.165) is 17.3 Å². The van der Waals surface area contributed by atoms with Crippen molar-refractivity contribution in [3.05, 3.63) is 75.1 Å². The number of piperazine rings is 1. The van der Waals surface area contributed by atoms with Crippen molar-refractivity contribution in [2.45, 2.75) is 26.4 Å². The molecule has 0 atom stereocenters. The van der Waals surface area contributed by atoms with E-state index in [2.05, 4.69) is 5.32 Å². The molecule has 0 aliphatic carbocycles. The maximum absolute atomic E-state index is 13.0. The molecule has 2 fully saturated rings. The zero-order valence-electron chi connectivity index (χ0n) is 20.8. The maximum atomic E-state index is 13.0. The van der Waals surface area contributed by atoms with Crippen molar-refractivity contribution in [1.82, 2.24) is 20.0 Å². The number of thioether (sulfide) groups is 1. The van der Waals surface area contributed by atoms with Crippen LogP contribution < -0.4 is 5.32 Å². The van der Waals surface area contributed by atoms with Crippen LogP contribution in [0.4, 0.5) is 4.79 Å². The minimum Gasteiger partial charge on any atom is -0.353 e. The largest absolute Gasteiger partial charge is 0.353 e. The van der Waals surface area contributed by atoms with Crippen LogP contribution in [0, 0.1) is 0 Å². The van der Waals surface area contributed by atoms with Crippen LogP contribution in [0.25, 0.3) is 6.08 Å². The highest BCUT2D eigenvalue weighted by Crippen LogP contribution is 2.34. The third-order valence-electron chi connectivity index (χ3n) is 6.09. The fourth-order valence-electron chi connectivity index (χ4n) is 4.17. The smallest absolute Gasteiger partial charge is 0.293 e. The van der Waals surface area contributed by atoms with E-state index in [1.807, 2.05) is 24.8 Å². The van der Waals surface area contributed by atoms with E-state index in [1.165, 1.54) is 4.90 Å². The summed E-state index contributed by atoms with van der Waals surface area (Å²) in [6, 6.07) is 14.2. The minimum atomic E-state index is -0.366. The molecule has 2 aromatic rings. The van der Waals surface area contributed by atoms with Gasteiger partial charge in [-0.1, -0.05) is 41.9 Å². The van der Waals surface area contributed by atoms with Crippen molar-refractivity contribution in [3.8, 4) is 0 Å². The summed E-state index contributed by atoms with van der Waals surface area (Å²) in [5.41, 5.74) is 1.98. The molecule has 8 nitrogen and oxygen atoms in total. The highest BCUT2D eigenvalue weighted by Gasteiger charge is 2.35. The van der Waals surface area contributed by atoms with E-state index in [1.54, 1.807) is 53.4 Å². The Morgan fingerprint density at radius 3 is 2.35 bits per heavy atom. The third-order valence-corrected chi connectivity index (χ3v) is 7.37. The normalized spacial score (nSPS) is 17.7. The van der Waals surface area contributed by atoms with Crippen LogP contribution in [0.5, 0.6) is 0 Å². The SMILES string of the molecule is CC(C)NC(=O)CN1CCN(C(=O)c2ccc(C=C3SC(=O)N(Cc4ccccc4Cl)C3=O)cc2)CC1. The van der Waals surface area contributed by atoms with Crippen molar-refractivity contribution in [3.63, 3.8) is 0 Å². The van der Waals surface area contributed by atoms with Crippen molar-refractivity contribution >= 4 is 52.4 Å². The van der Waals surface area contributed by atoms with Crippen LogP contribution in [0.3, 0.4) is 0 Å². The molecule has 194 valence electrons. The van der Waals surface area contributed by atoms with Crippen LogP contribution >= 0.6 is 23.4 Å². The van der Waals surface area contributed by atoms with Crippen LogP contribution in [0.1, 0.15) is 35.3 Å². The Morgan fingerprint density at radius 1 is 1.03 bits per heavy atom. The second kappa shape index (κ2) is 11.9. The maximum Gasteiger partial charge on any atom is 0.293 e. The van der Waals surface area contributed by atoms with Crippen molar-refractivity contribution < 1.29 is 19.2 Å². The molecule has 0 saturated carbocycles. The lowest BCUT2D eigenvalue weighted by Gasteiger charge is -2.34. The summed E-state index contributed by atoms with van der Waals surface area (Å²) in [5, 5.41) is 3.05. The standard InChI is InChI=1S/C27H29ClN4O4S/c1-18(2)29-24(33)17-30-11-13-31(14-12-30)25(34)20-9-7-19(8-10-20)15-23-26(35)32(27(36)37-23)16-21-5-3-4-6-22(21)28/h3-10,15,18H,11-14,16-17H2,1-2H3,(H,29,33). The summed E-state index contributed by atoms with van der Waals surface area (Å²) in [4.78, 5) is 55.6. The van der Waals surface area contributed by atoms with E-state index in [-0.39, 0.29) is 35.5 Å². The zero-order valence-corrected chi connectivity index (χ0v) is 22.3. The van der Waals surface area contributed by atoms with E-state index < -0.39 is 0 Å². The van der Waals surface area contributed by atoms with Gasteiger partial charge in [0.25, 0.3) is 17.1 Å². The molecule has 0 aromatic heterocycles. The van der Waals surface area contributed by atoms with Gasteiger partial charge >= 0.3 is 0 Å². The lowest BCUT2D eigenvalue weighted by molar-refractivity contribution is -0.124. The molecule has 2 aromatic carbocycles. The Bertz CT molecular complexity index is 1220. The first kappa shape index (κ1) is 26.9. The molecular formula is C27H29ClN4O4S. The fourth-order valence-corrected chi connectivity index (χ4v) is 5.20. The Kier molecular flexibility index (Phi) is 8.68. The Hall–Kier alpha value is -3.14. The predicted molar refractivity (Wildman–Crippen MR) is 145 cm³/mol. The average molecular weight is 541 g/mol. The first-order chi connectivity index (χ1) is 17.7. The van der Waals surface area contributed by atoms with Gasteiger partial charge in [-0.2, -0.15) is 0 Å². The lowest BCUT2D eigenvalue weighted by Crippen LogP contribution is -2.51. The molecule has 0 unspecified atom stereocenters. The van der Waals surface area contributed by atoms with Crippen LogP contribution in [-0.2, 0) is 16.1 Å². The van der Waals surface area contributed by atoms with Gasteiger partial charge in [-0.25, -0.2) is 0 Å². The van der Waals surface area contributed by atoms with Gasteiger partial charge in [0.05, 0.1) is 18.0 Å². The van der Waals surface area contributed by atoms with Gasteiger partial charge in [0.15, 0.2) is 0 Å². The molecule has 2 heterocycles. The number of hydrogen-bond donors (Lipinski definition) is 1. The van der Waals surface area contributed by atoms with Gasteiger partial charge in [0.1, 0.15) is 0 Å². The van der Waals surface area contributed by atoms with Gasteiger partial charge < -0.3 is 10.2 Å². The minimum absolute atomic E-state index is 0.00734. The second-order valence-corrected chi connectivity index (χ2v) is 10.7. The molecule has 1 N–H and O–H groups in total. The summed E-state index contributed by atoms with van der Waals surface area (Å²) < 4.78 is 0. The Morgan fingerprint density at radius 2 is 1.70 bits per heavy atom. The van der Waals surface area contributed by atoms with Gasteiger partial charge in [0.2, 0.25) is 5.91 Å². The Balaban J connectivity index is 1.34. The molecule has 2 saturated heterocycles. The van der Waals surface area contributed by atoms with Crippen molar-refractivity contribution in [2.24, 2.45) is 0 Å². The molecule has 0 radical (unpaired) electrons. The molecule has 0 spiro atoms. The molecule has 10 heteroatoms. The van der Waals surface area contributed by atoms with Gasteiger partial charge in [-0.3, -0.25) is 29.0 Å². The summed E-state index contributed by atoms with van der Waals surface area (Å²) >= 11 is 7.07. The van der Waals surface area contributed by atoms with Crippen LogP contribution in [-0.4, -0.2) is 76.4 Å². The Labute approximate surface area is 225 Å². The van der Waals surface area contributed by atoms with Crippen LogP contribution in [0.15, 0.2) is 53.4 Å². The van der Waals surface area contributed by atoms with Crippen molar-refractivity contribution in [1.29, 1.82) is 0 Å². The number of carbonyl (C=O) groups is 4. The van der Waals surface area contributed by atoms with E-state index >= 15 is 0 Å². The topological polar surface area (TPSA) is 90.0 Å².